The van der Waals surface area contributed by atoms with E-state index in [9.17, 15) is 35.6 Å². The van der Waals surface area contributed by atoms with Crippen molar-refractivity contribution < 1.29 is 54.6 Å². The van der Waals surface area contributed by atoms with E-state index in [0.29, 0.717) is 40.7 Å². The third kappa shape index (κ3) is 8.17. The van der Waals surface area contributed by atoms with Crippen LogP contribution < -0.4 is 21.1 Å². The number of nitrogens with zero attached hydrogens (tertiary/aromatic N) is 2. The van der Waals surface area contributed by atoms with E-state index in [1.807, 2.05) is 0 Å². The number of nitrogens with one attached hydrogen (secondary N) is 2. The second-order valence-corrected chi connectivity index (χ2v) is 14.3. The monoisotopic (exact) mass is 749 g/mol. The summed E-state index contributed by atoms with van der Waals surface area (Å²) in [6.07, 6.45) is -2.92. The number of amides is 2. The Kier molecular flexibility index (Phi) is 10.6. The van der Waals surface area contributed by atoms with Gasteiger partial charge in [-0.2, -0.15) is 13.2 Å². The maximum absolute atomic E-state index is 15.5. The maximum atomic E-state index is 15.5. The number of anilines is 3. The Morgan fingerprint density at radius 2 is 1.71 bits per heavy atom. The zero-order valence-electron chi connectivity index (χ0n) is 27.6. The molecule has 1 aliphatic heterocycles. The first-order valence-electron chi connectivity index (χ1n) is 15.6. The number of likely N-dealkylation sites (N-methyl/N-ethyl adjacent to an activating group) is 1. The lowest BCUT2D eigenvalue weighted by Gasteiger charge is -2.28. The molecule has 0 spiro atoms. The molecule has 0 saturated heterocycles. The number of nitrogen functional groups attached to an aromatic ring is 1. The lowest BCUT2D eigenvalue weighted by Crippen LogP contribution is -2.35. The number of rotatable bonds is 5. The van der Waals surface area contributed by atoms with Gasteiger partial charge in [0.2, 0.25) is 11.8 Å². The van der Waals surface area contributed by atoms with Crippen LogP contribution in [0.3, 0.4) is 0 Å². The molecule has 2 amide bonds. The standard InChI is InChI=1S/C32H31F2N5O5S.C2HF3O2/c1-39-16-19-12-20(5-9-27(19)45(42,43)22-6-7-22)37-28(40)10-3-17-11-18(13-25(33)30(17)44-2)29(32(39)41)38-21-4-8-23-24(14-21)26(34)15-36-31(23)35;3-2(4,5)1(6)7/h4-5,8-9,11-15,22,29,38H,3,6-7,10,16H2,1-2H3,(H2,35,36)(H,37,40);(H,6,7)/t29-;/m1./s1. The number of halogens is 5. The van der Waals surface area contributed by atoms with Gasteiger partial charge in [-0.1, -0.05) is 0 Å². The fourth-order valence-electron chi connectivity index (χ4n) is 5.67. The summed E-state index contributed by atoms with van der Waals surface area (Å²) >= 11 is 0. The number of carboxylic acids is 1. The van der Waals surface area contributed by atoms with E-state index in [-0.39, 0.29) is 52.7 Å². The van der Waals surface area contributed by atoms with Crippen LogP contribution in [0.2, 0.25) is 0 Å². The molecule has 52 heavy (non-hydrogen) atoms. The van der Waals surface area contributed by atoms with Gasteiger partial charge >= 0.3 is 12.1 Å². The number of methoxy groups -OCH3 is 1. The van der Waals surface area contributed by atoms with Crippen molar-refractivity contribution in [3.05, 3.63) is 83.1 Å². The molecule has 12 nitrogen and oxygen atoms in total. The van der Waals surface area contributed by atoms with Gasteiger partial charge < -0.3 is 31.1 Å². The molecule has 1 aromatic heterocycles. The number of carboxylic acid groups (broad SMARTS) is 1. The summed E-state index contributed by atoms with van der Waals surface area (Å²) in [6.45, 7) is -0.123. The van der Waals surface area contributed by atoms with Crippen LogP contribution in [-0.2, 0) is 37.2 Å². The van der Waals surface area contributed by atoms with Crippen LogP contribution in [0.5, 0.6) is 5.75 Å². The van der Waals surface area contributed by atoms with E-state index in [4.69, 9.17) is 20.4 Å². The molecule has 3 aromatic carbocycles. The number of aryl methyl sites for hydroxylation is 1. The van der Waals surface area contributed by atoms with Gasteiger partial charge in [-0.25, -0.2) is 27.0 Å². The van der Waals surface area contributed by atoms with Gasteiger partial charge in [0, 0.05) is 42.2 Å². The number of carbonyl (C=O) groups excluding carboxylic acids is 2. The highest BCUT2D eigenvalue weighted by Crippen LogP contribution is 2.37. The molecule has 1 atom stereocenters. The summed E-state index contributed by atoms with van der Waals surface area (Å²) < 4.78 is 93.8. The molecule has 2 heterocycles. The van der Waals surface area contributed by atoms with Crippen molar-refractivity contribution in [1.29, 1.82) is 0 Å². The van der Waals surface area contributed by atoms with Gasteiger partial charge in [0.15, 0.2) is 21.4 Å². The number of carbonyl (C=O) groups is 3. The van der Waals surface area contributed by atoms with Gasteiger partial charge in [0.1, 0.15) is 17.7 Å². The van der Waals surface area contributed by atoms with Crippen molar-refractivity contribution in [1.82, 2.24) is 9.88 Å². The zero-order valence-corrected chi connectivity index (χ0v) is 28.4. The summed E-state index contributed by atoms with van der Waals surface area (Å²) in [5, 5.41) is 13.1. The van der Waals surface area contributed by atoms with Crippen molar-refractivity contribution >= 4 is 55.6 Å². The first-order valence-corrected chi connectivity index (χ1v) is 17.1. The fraction of sp³-hybridized carbons (Fsp3) is 0.294. The van der Waals surface area contributed by atoms with Gasteiger partial charge in [-0.3, -0.25) is 9.59 Å². The topological polar surface area (TPSA) is 181 Å². The SMILES string of the molecule is COc1c(F)cc2cc1CCC(=O)Nc1ccc(S(=O)(=O)C3CC3)c(c1)CN(C)C(=O)[C@@H]2Nc1ccc2c(N)ncc(F)c2c1.O=C(O)C(F)(F)F. The number of nitrogens with two attached hydrogens (primary N) is 1. The number of pyridine rings is 1. The molecular formula is C34H32F5N5O7S. The summed E-state index contributed by atoms with van der Waals surface area (Å²) in [6, 6.07) is 10.8. The summed E-state index contributed by atoms with van der Waals surface area (Å²) in [5.41, 5.74) is 7.58. The molecule has 4 aromatic rings. The number of aromatic nitrogens is 1. The molecule has 5 N–H and O–H groups in total. The third-order valence-corrected chi connectivity index (χ3v) is 10.7. The minimum Gasteiger partial charge on any atom is -0.493 e. The lowest BCUT2D eigenvalue weighted by molar-refractivity contribution is -0.192. The lowest BCUT2D eigenvalue weighted by atomic mass is 9.98. The average Bonchev–Trinajstić information content (AvgIpc) is 3.94. The summed E-state index contributed by atoms with van der Waals surface area (Å²) in [7, 11) is -0.826. The van der Waals surface area contributed by atoms with E-state index in [1.54, 1.807) is 24.3 Å². The highest BCUT2D eigenvalue weighted by molar-refractivity contribution is 7.92. The number of ether oxygens (including phenoxy) is 1. The first kappa shape index (κ1) is 37.7. The molecule has 1 fully saturated rings. The molecule has 276 valence electrons. The van der Waals surface area contributed by atoms with Gasteiger partial charge in [-0.05, 0) is 84.5 Å². The zero-order chi connectivity index (χ0) is 38.1. The van der Waals surface area contributed by atoms with Crippen molar-refractivity contribution in [2.45, 2.75) is 54.6 Å². The number of sulfone groups is 1. The molecular weight excluding hydrogens is 717 g/mol. The van der Waals surface area contributed by atoms with Crippen LogP contribution in [0.15, 0.2) is 59.6 Å². The number of hydrogen-bond acceptors (Lipinski definition) is 9. The molecule has 6 rings (SSSR count). The summed E-state index contributed by atoms with van der Waals surface area (Å²) in [4.78, 5) is 41.3. The van der Waals surface area contributed by atoms with E-state index >= 15 is 4.39 Å². The van der Waals surface area contributed by atoms with Crippen LogP contribution in [0.25, 0.3) is 10.8 Å². The van der Waals surface area contributed by atoms with E-state index < -0.39 is 50.8 Å². The van der Waals surface area contributed by atoms with Gasteiger partial charge in [0.25, 0.3) is 0 Å². The fourth-order valence-corrected chi connectivity index (χ4v) is 7.53. The Balaban J connectivity index is 0.000000679. The van der Waals surface area contributed by atoms with Crippen molar-refractivity contribution in [3.63, 3.8) is 0 Å². The number of aliphatic carboxylic acids is 1. The predicted molar refractivity (Wildman–Crippen MR) is 179 cm³/mol. The number of fused-ring (bicyclic) bond motifs is 5. The number of alkyl halides is 3. The highest BCUT2D eigenvalue weighted by atomic mass is 32.2. The average molecular weight is 750 g/mol. The second kappa shape index (κ2) is 14.6. The van der Waals surface area contributed by atoms with E-state index in [2.05, 4.69) is 15.6 Å². The Morgan fingerprint density at radius 1 is 1.02 bits per heavy atom. The third-order valence-electron chi connectivity index (χ3n) is 8.37. The van der Waals surface area contributed by atoms with Crippen LogP contribution >= 0.6 is 0 Å². The van der Waals surface area contributed by atoms with E-state index in [1.165, 1.54) is 43.3 Å². The Hall–Kier alpha value is -5.52. The second-order valence-electron chi connectivity index (χ2n) is 12.1. The minimum absolute atomic E-state index is 0.0396. The molecule has 18 heteroatoms. The molecule has 4 bridgehead atoms. The van der Waals surface area contributed by atoms with E-state index in [0.717, 1.165) is 6.20 Å². The normalized spacial score (nSPS) is 16.7. The molecule has 1 saturated carbocycles. The molecule has 2 aliphatic rings. The number of benzene rings is 3. The highest BCUT2D eigenvalue weighted by Gasteiger charge is 2.39. The Labute approximate surface area is 293 Å². The Bertz CT molecular complexity index is 2180. The number of hydrogen-bond donors (Lipinski definition) is 4. The largest absolute Gasteiger partial charge is 0.493 e. The van der Waals surface area contributed by atoms with Crippen LogP contribution in [-0.4, -0.2) is 66.8 Å². The quantitative estimate of drug-likeness (QED) is 0.194. The van der Waals surface area contributed by atoms with Crippen molar-refractivity contribution in [2.24, 2.45) is 0 Å². The van der Waals surface area contributed by atoms with Crippen LogP contribution in [0.4, 0.5) is 39.1 Å². The van der Waals surface area contributed by atoms with Gasteiger partial charge in [0.05, 0.1) is 23.5 Å². The summed E-state index contributed by atoms with van der Waals surface area (Å²) in [5.74, 6) is -4.89. The van der Waals surface area contributed by atoms with Crippen LogP contribution in [0, 0.1) is 11.6 Å². The van der Waals surface area contributed by atoms with Gasteiger partial charge in [-0.15, -0.1) is 0 Å². The molecule has 1 aliphatic carbocycles. The Morgan fingerprint density at radius 3 is 2.35 bits per heavy atom. The van der Waals surface area contributed by atoms with Crippen LogP contribution in [0.1, 0.15) is 42.0 Å². The molecule has 0 unspecified atom stereocenters. The predicted octanol–water partition coefficient (Wildman–Crippen LogP) is 5.37. The van der Waals surface area contributed by atoms with Crippen molar-refractivity contribution in [2.75, 3.05) is 30.5 Å². The van der Waals surface area contributed by atoms with Crippen molar-refractivity contribution in [3.8, 4) is 5.75 Å². The maximum Gasteiger partial charge on any atom is 0.490 e. The molecule has 0 radical (unpaired) electrons. The minimum atomic E-state index is -5.08. The smallest absolute Gasteiger partial charge is 0.490 e. The first-order chi connectivity index (χ1) is 24.4.